The van der Waals surface area contributed by atoms with E-state index in [1.807, 2.05) is 0 Å². The molecule has 0 aliphatic rings. The van der Waals surface area contributed by atoms with Crippen molar-refractivity contribution in [2.75, 3.05) is 5.32 Å². The minimum atomic E-state index is -0.965. The number of carbonyl (C=O) groups excluding carboxylic acids is 1. The maximum atomic E-state index is 12.9. The van der Waals surface area contributed by atoms with Gasteiger partial charge in [-0.3, -0.25) is 4.79 Å². The molecule has 0 fully saturated rings. The molecule has 1 aromatic rings. The van der Waals surface area contributed by atoms with Crippen LogP contribution in [0.15, 0.2) is 18.2 Å². The predicted octanol–water partition coefficient (Wildman–Crippen LogP) is 2.73. The number of rotatable bonds is 5. The van der Waals surface area contributed by atoms with E-state index in [2.05, 4.69) is 10.6 Å². The van der Waals surface area contributed by atoms with Crippen molar-refractivity contribution in [3.8, 4) is 0 Å². The second-order valence-corrected chi connectivity index (χ2v) is 5.01. The Hall–Kier alpha value is -2.18. The molecular weight excluding hydrogens is 270 g/mol. The van der Waals surface area contributed by atoms with E-state index in [-0.39, 0.29) is 18.5 Å². The van der Waals surface area contributed by atoms with Gasteiger partial charge in [-0.25, -0.2) is 13.6 Å². The molecular formula is C13H16F2N2O3. The molecule has 0 bridgehead atoms. The molecule has 1 rings (SSSR count). The van der Waals surface area contributed by atoms with Gasteiger partial charge in [0.05, 0.1) is 0 Å². The quantitative estimate of drug-likeness (QED) is 0.778. The van der Waals surface area contributed by atoms with Crippen molar-refractivity contribution in [1.82, 2.24) is 5.32 Å². The van der Waals surface area contributed by atoms with E-state index in [4.69, 9.17) is 5.11 Å². The van der Waals surface area contributed by atoms with Crippen LogP contribution < -0.4 is 10.6 Å². The van der Waals surface area contributed by atoms with Crippen molar-refractivity contribution in [3.05, 3.63) is 29.8 Å². The Bertz CT molecular complexity index is 498. The Labute approximate surface area is 115 Å². The molecule has 7 heteroatoms. The lowest BCUT2D eigenvalue weighted by Gasteiger charge is -2.25. The van der Waals surface area contributed by atoms with E-state index in [0.29, 0.717) is 6.07 Å². The summed E-state index contributed by atoms with van der Waals surface area (Å²) in [6, 6.07) is 1.99. The van der Waals surface area contributed by atoms with Gasteiger partial charge in [-0.1, -0.05) is 0 Å². The number of halogens is 2. The molecule has 0 spiro atoms. The predicted molar refractivity (Wildman–Crippen MR) is 69.5 cm³/mol. The third kappa shape index (κ3) is 5.64. The number of hydrogen-bond donors (Lipinski definition) is 3. The average Bonchev–Trinajstić information content (AvgIpc) is 2.23. The monoisotopic (exact) mass is 286 g/mol. The van der Waals surface area contributed by atoms with Crippen molar-refractivity contribution in [1.29, 1.82) is 0 Å². The molecule has 0 heterocycles. The third-order valence-corrected chi connectivity index (χ3v) is 2.54. The number of hydrogen-bond acceptors (Lipinski definition) is 2. The molecule has 0 aromatic heterocycles. The topological polar surface area (TPSA) is 78.4 Å². The molecule has 0 saturated heterocycles. The Kier molecular flexibility index (Phi) is 5.01. The van der Waals surface area contributed by atoms with Gasteiger partial charge in [0.2, 0.25) is 0 Å². The van der Waals surface area contributed by atoms with Gasteiger partial charge in [0, 0.05) is 23.7 Å². The summed E-state index contributed by atoms with van der Waals surface area (Å²) in [6.45, 7) is 3.31. The number of carbonyl (C=O) groups is 2. The first-order valence-corrected chi connectivity index (χ1v) is 5.95. The van der Waals surface area contributed by atoms with E-state index in [9.17, 15) is 18.4 Å². The van der Waals surface area contributed by atoms with Crippen molar-refractivity contribution in [2.45, 2.75) is 32.2 Å². The van der Waals surface area contributed by atoms with Crippen LogP contribution in [0.4, 0.5) is 19.3 Å². The van der Waals surface area contributed by atoms with Crippen LogP contribution in [0.25, 0.3) is 0 Å². The molecule has 0 atom stereocenters. The van der Waals surface area contributed by atoms with Gasteiger partial charge in [0.1, 0.15) is 11.6 Å². The molecule has 0 radical (unpaired) electrons. The molecule has 1 aromatic carbocycles. The molecule has 0 aliphatic heterocycles. The summed E-state index contributed by atoms with van der Waals surface area (Å²) in [6.07, 6.45) is 0.134. The van der Waals surface area contributed by atoms with E-state index >= 15 is 0 Å². The maximum absolute atomic E-state index is 12.9. The molecule has 5 nitrogen and oxygen atoms in total. The summed E-state index contributed by atoms with van der Waals surface area (Å²) in [5.41, 5.74) is -0.775. The molecule has 3 N–H and O–H groups in total. The minimum absolute atomic E-state index is 0.0194. The highest BCUT2D eigenvalue weighted by atomic mass is 19.1. The maximum Gasteiger partial charge on any atom is 0.319 e. The van der Waals surface area contributed by atoms with Crippen molar-refractivity contribution in [2.24, 2.45) is 0 Å². The summed E-state index contributed by atoms with van der Waals surface area (Å²) in [7, 11) is 0. The van der Waals surface area contributed by atoms with Gasteiger partial charge >= 0.3 is 12.0 Å². The number of aliphatic carboxylic acids is 1. The molecule has 0 unspecified atom stereocenters. The Balaban J connectivity index is 2.60. The number of urea groups is 1. The second kappa shape index (κ2) is 6.31. The molecule has 110 valence electrons. The first-order chi connectivity index (χ1) is 9.18. The van der Waals surface area contributed by atoms with Crippen molar-refractivity contribution in [3.63, 3.8) is 0 Å². The van der Waals surface area contributed by atoms with Gasteiger partial charge < -0.3 is 15.7 Å². The van der Waals surface area contributed by atoms with Gasteiger partial charge in [-0.2, -0.15) is 0 Å². The highest BCUT2D eigenvalue weighted by Crippen LogP contribution is 2.14. The Morgan fingerprint density at radius 1 is 1.20 bits per heavy atom. The zero-order chi connectivity index (χ0) is 15.3. The van der Waals surface area contributed by atoms with Crippen LogP contribution in [-0.4, -0.2) is 22.6 Å². The Morgan fingerprint density at radius 2 is 1.75 bits per heavy atom. The first kappa shape index (κ1) is 15.9. The van der Waals surface area contributed by atoms with Crippen LogP contribution in [-0.2, 0) is 4.79 Å². The third-order valence-electron chi connectivity index (χ3n) is 2.54. The number of anilines is 1. The van der Waals surface area contributed by atoms with Crippen molar-refractivity contribution < 1.29 is 23.5 Å². The van der Waals surface area contributed by atoms with Gasteiger partial charge in [0.15, 0.2) is 0 Å². The van der Waals surface area contributed by atoms with E-state index < -0.39 is 29.2 Å². The normalized spacial score (nSPS) is 11.0. The Morgan fingerprint density at radius 3 is 2.25 bits per heavy atom. The number of carboxylic acids is 1. The van der Waals surface area contributed by atoms with E-state index in [1.54, 1.807) is 13.8 Å². The number of benzene rings is 1. The largest absolute Gasteiger partial charge is 0.481 e. The lowest BCUT2D eigenvalue weighted by atomic mass is 9.99. The lowest BCUT2D eigenvalue weighted by molar-refractivity contribution is -0.137. The number of carboxylic acid groups (broad SMARTS) is 1. The molecule has 20 heavy (non-hydrogen) atoms. The minimum Gasteiger partial charge on any atom is -0.481 e. The van der Waals surface area contributed by atoms with Crippen LogP contribution >= 0.6 is 0 Å². The number of nitrogens with one attached hydrogen (secondary N) is 2. The lowest BCUT2D eigenvalue weighted by Crippen LogP contribution is -2.45. The van der Waals surface area contributed by atoms with Gasteiger partial charge in [-0.05, 0) is 32.4 Å². The zero-order valence-corrected chi connectivity index (χ0v) is 11.2. The highest BCUT2D eigenvalue weighted by molar-refractivity contribution is 5.89. The average molecular weight is 286 g/mol. The fourth-order valence-electron chi connectivity index (χ4n) is 1.58. The molecule has 2 amide bonds. The zero-order valence-electron chi connectivity index (χ0n) is 11.2. The smallest absolute Gasteiger partial charge is 0.319 e. The van der Waals surface area contributed by atoms with Crippen LogP contribution in [0.2, 0.25) is 0 Å². The summed E-state index contributed by atoms with van der Waals surface area (Å²) in [5.74, 6) is -2.57. The van der Waals surface area contributed by atoms with E-state index in [1.165, 1.54) is 0 Å². The van der Waals surface area contributed by atoms with Gasteiger partial charge in [0.25, 0.3) is 0 Å². The summed E-state index contributed by atoms with van der Waals surface area (Å²) < 4.78 is 25.9. The van der Waals surface area contributed by atoms with Crippen LogP contribution in [0.5, 0.6) is 0 Å². The second-order valence-electron chi connectivity index (χ2n) is 5.01. The van der Waals surface area contributed by atoms with Crippen LogP contribution in [0.3, 0.4) is 0 Å². The van der Waals surface area contributed by atoms with Crippen LogP contribution in [0, 0.1) is 11.6 Å². The SMILES string of the molecule is CC(C)(CCC(=O)O)NC(=O)Nc1cc(F)cc(F)c1. The fourth-order valence-corrected chi connectivity index (χ4v) is 1.58. The van der Waals surface area contributed by atoms with E-state index in [0.717, 1.165) is 12.1 Å². The number of amides is 2. The summed E-state index contributed by atoms with van der Waals surface area (Å²) in [4.78, 5) is 22.2. The van der Waals surface area contributed by atoms with Gasteiger partial charge in [-0.15, -0.1) is 0 Å². The molecule has 0 aliphatic carbocycles. The molecule has 0 saturated carbocycles. The summed E-state index contributed by atoms with van der Waals surface area (Å²) >= 11 is 0. The summed E-state index contributed by atoms with van der Waals surface area (Å²) in [5, 5.41) is 13.4. The first-order valence-electron chi connectivity index (χ1n) is 5.95. The highest BCUT2D eigenvalue weighted by Gasteiger charge is 2.21. The standard InChI is InChI=1S/C13H16F2N2O3/c1-13(2,4-3-11(18)19)17-12(20)16-10-6-8(14)5-9(15)7-10/h5-7H,3-4H2,1-2H3,(H,18,19)(H2,16,17,20). The van der Waals surface area contributed by atoms with Crippen LogP contribution in [0.1, 0.15) is 26.7 Å². The van der Waals surface area contributed by atoms with Crippen molar-refractivity contribution >= 4 is 17.7 Å². The fraction of sp³-hybridized carbons (Fsp3) is 0.385.